The molecule has 1 aliphatic rings. The molecule has 0 amide bonds. The molecule has 0 spiro atoms. The van der Waals surface area contributed by atoms with Crippen LogP contribution in [0.15, 0.2) is 59.4 Å². The summed E-state index contributed by atoms with van der Waals surface area (Å²) in [6.07, 6.45) is 0. The van der Waals surface area contributed by atoms with Crippen LogP contribution in [-0.2, 0) is 13.6 Å². The first-order valence-electron chi connectivity index (χ1n) is 12.4. The van der Waals surface area contributed by atoms with Crippen LogP contribution in [-0.4, -0.2) is 44.6 Å². The van der Waals surface area contributed by atoms with Crippen LogP contribution < -0.4 is 10.5 Å². The second-order valence-electron chi connectivity index (χ2n) is 9.85. The van der Waals surface area contributed by atoms with E-state index in [1.807, 2.05) is 19.1 Å². The third-order valence-electron chi connectivity index (χ3n) is 7.20. The molecular weight excluding hydrogens is 467 g/mol. The highest BCUT2D eigenvalue weighted by atomic mass is 19.1. The molecule has 0 unspecified atom stereocenters. The molecule has 5 rings (SSSR count). The van der Waals surface area contributed by atoms with Crippen molar-refractivity contribution in [2.75, 3.05) is 18.0 Å². The molecule has 8 heteroatoms. The van der Waals surface area contributed by atoms with Gasteiger partial charge in [-0.05, 0) is 56.7 Å². The highest BCUT2D eigenvalue weighted by Crippen LogP contribution is 2.31. The summed E-state index contributed by atoms with van der Waals surface area (Å²) in [5, 5.41) is 9.40. The average molecular weight is 497 g/mol. The lowest BCUT2D eigenvalue weighted by Crippen LogP contribution is -2.56. The maximum absolute atomic E-state index is 14.0. The van der Waals surface area contributed by atoms with E-state index in [1.54, 1.807) is 35.9 Å². The summed E-state index contributed by atoms with van der Waals surface area (Å²) >= 11 is 0. The Morgan fingerprint density at radius 2 is 1.86 bits per heavy atom. The van der Waals surface area contributed by atoms with E-state index in [0.29, 0.717) is 29.8 Å². The van der Waals surface area contributed by atoms with Gasteiger partial charge in [0.05, 0.1) is 16.9 Å². The summed E-state index contributed by atoms with van der Waals surface area (Å²) < 4.78 is 15.5. The molecule has 1 aliphatic heterocycles. The SMILES string of the molecule is Cc1ccc(CN2C[C@H](C)N(c3cc(=O)n(C)c4ccc(C#N)nc34)C[C@H]2C)c(-c2cccc(F)c2)n1. The van der Waals surface area contributed by atoms with Crippen molar-refractivity contribution in [2.45, 2.75) is 39.4 Å². The zero-order valence-electron chi connectivity index (χ0n) is 21.4. The van der Waals surface area contributed by atoms with Crippen molar-refractivity contribution < 1.29 is 4.39 Å². The quantitative estimate of drug-likeness (QED) is 0.416. The molecule has 4 aromatic rings. The number of aromatic nitrogens is 3. The fraction of sp³-hybridized carbons (Fsp3) is 0.310. The minimum absolute atomic E-state index is 0.0927. The molecule has 7 nitrogen and oxygen atoms in total. The highest BCUT2D eigenvalue weighted by molar-refractivity contribution is 5.89. The molecule has 37 heavy (non-hydrogen) atoms. The molecule has 188 valence electrons. The third kappa shape index (κ3) is 4.70. The van der Waals surface area contributed by atoms with E-state index in [-0.39, 0.29) is 23.5 Å². The molecule has 1 saturated heterocycles. The number of hydrogen-bond donors (Lipinski definition) is 0. The second-order valence-corrected chi connectivity index (χ2v) is 9.85. The maximum Gasteiger partial charge on any atom is 0.252 e. The van der Waals surface area contributed by atoms with Crippen LogP contribution >= 0.6 is 0 Å². The number of piperazine rings is 1. The van der Waals surface area contributed by atoms with Crippen LogP contribution in [0.1, 0.15) is 30.8 Å². The largest absolute Gasteiger partial charge is 0.364 e. The molecule has 1 fully saturated rings. The predicted molar refractivity (Wildman–Crippen MR) is 143 cm³/mol. The van der Waals surface area contributed by atoms with Crippen LogP contribution in [0.3, 0.4) is 0 Å². The monoisotopic (exact) mass is 496 g/mol. The van der Waals surface area contributed by atoms with Crippen LogP contribution in [0, 0.1) is 24.1 Å². The van der Waals surface area contributed by atoms with E-state index in [1.165, 1.54) is 12.1 Å². The summed E-state index contributed by atoms with van der Waals surface area (Å²) in [5.41, 5.74) is 5.83. The van der Waals surface area contributed by atoms with Crippen LogP contribution in [0.5, 0.6) is 0 Å². The normalized spacial score (nSPS) is 18.2. The number of halogens is 1. The van der Waals surface area contributed by atoms with E-state index >= 15 is 0 Å². The van der Waals surface area contributed by atoms with Gasteiger partial charge in [0, 0.05) is 56.1 Å². The van der Waals surface area contributed by atoms with E-state index < -0.39 is 0 Å². The number of nitrogens with zero attached hydrogens (tertiary/aromatic N) is 6. The summed E-state index contributed by atoms with van der Waals surface area (Å²) in [4.78, 5) is 26.7. The molecule has 0 radical (unpaired) electrons. The number of anilines is 1. The van der Waals surface area contributed by atoms with Gasteiger partial charge in [-0.15, -0.1) is 0 Å². The Kier molecular flexibility index (Phi) is 6.48. The smallest absolute Gasteiger partial charge is 0.252 e. The van der Waals surface area contributed by atoms with Gasteiger partial charge in [0.1, 0.15) is 23.1 Å². The molecule has 0 N–H and O–H groups in total. The number of fused-ring (bicyclic) bond motifs is 1. The van der Waals surface area contributed by atoms with Gasteiger partial charge in [-0.3, -0.25) is 14.7 Å². The van der Waals surface area contributed by atoms with Gasteiger partial charge in [-0.2, -0.15) is 5.26 Å². The first kappa shape index (κ1) is 24.6. The van der Waals surface area contributed by atoms with Crippen LogP contribution in [0.4, 0.5) is 10.1 Å². The van der Waals surface area contributed by atoms with Crippen molar-refractivity contribution in [3.8, 4) is 17.3 Å². The number of rotatable bonds is 4. The van der Waals surface area contributed by atoms with Crippen molar-refractivity contribution in [3.63, 3.8) is 0 Å². The molecule has 1 aromatic carbocycles. The molecular formula is C29H29FN6O. The van der Waals surface area contributed by atoms with Crippen molar-refractivity contribution in [1.29, 1.82) is 5.26 Å². The average Bonchev–Trinajstić information content (AvgIpc) is 2.89. The van der Waals surface area contributed by atoms with Crippen molar-refractivity contribution >= 4 is 16.7 Å². The molecule has 4 heterocycles. The Morgan fingerprint density at radius 3 is 2.62 bits per heavy atom. The van der Waals surface area contributed by atoms with Crippen LogP contribution in [0.2, 0.25) is 0 Å². The third-order valence-corrected chi connectivity index (χ3v) is 7.20. The molecule has 0 saturated carbocycles. The molecule has 2 atom stereocenters. The maximum atomic E-state index is 14.0. The zero-order chi connectivity index (χ0) is 26.3. The zero-order valence-corrected chi connectivity index (χ0v) is 21.4. The van der Waals surface area contributed by atoms with Gasteiger partial charge in [-0.25, -0.2) is 9.37 Å². The lowest BCUT2D eigenvalue weighted by Gasteiger charge is -2.45. The Balaban J connectivity index is 1.46. The molecule has 3 aromatic heterocycles. The fourth-order valence-electron chi connectivity index (χ4n) is 5.16. The first-order valence-corrected chi connectivity index (χ1v) is 12.4. The van der Waals surface area contributed by atoms with Gasteiger partial charge in [0.25, 0.3) is 5.56 Å². The van der Waals surface area contributed by atoms with Crippen LogP contribution in [0.25, 0.3) is 22.3 Å². The lowest BCUT2D eigenvalue weighted by atomic mass is 10.0. The first-order chi connectivity index (χ1) is 17.7. The van der Waals surface area contributed by atoms with Gasteiger partial charge in [0.2, 0.25) is 0 Å². The minimum Gasteiger partial charge on any atom is -0.364 e. The number of pyridine rings is 3. The highest BCUT2D eigenvalue weighted by Gasteiger charge is 2.31. The Bertz CT molecular complexity index is 1590. The molecule has 0 bridgehead atoms. The standard InChI is InChI=1S/C29H29FN6O/c1-18-8-9-22(28(32-18)21-6-5-7-23(30)12-21)17-35-15-20(3)36(16-19(35)2)26-13-27(37)34(4)25-11-10-24(14-31)33-29(25)26/h5-13,19-20H,15-17H2,1-4H3/t19-,20+/m1/s1. The Morgan fingerprint density at radius 1 is 1.05 bits per heavy atom. The summed E-state index contributed by atoms with van der Waals surface area (Å²) in [5.74, 6) is -0.281. The second kappa shape index (κ2) is 9.75. The van der Waals surface area contributed by atoms with E-state index in [9.17, 15) is 14.4 Å². The van der Waals surface area contributed by atoms with Gasteiger partial charge in [0.15, 0.2) is 0 Å². The predicted octanol–water partition coefficient (Wildman–Crippen LogP) is 4.41. The fourth-order valence-corrected chi connectivity index (χ4v) is 5.16. The molecule has 0 aliphatic carbocycles. The van der Waals surface area contributed by atoms with E-state index in [0.717, 1.165) is 34.7 Å². The number of benzene rings is 1. The van der Waals surface area contributed by atoms with Gasteiger partial charge >= 0.3 is 0 Å². The van der Waals surface area contributed by atoms with Gasteiger partial charge in [-0.1, -0.05) is 18.2 Å². The topological polar surface area (TPSA) is 78.0 Å². The summed E-state index contributed by atoms with van der Waals surface area (Å²) in [6.45, 7) is 8.36. The Hall–Kier alpha value is -4.09. The minimum atomic E-state index is -0.281. The van der Waals surface area contributed by atoms with Crippen molar-refractivity contribution in [1.82, 2.24) is 19.4 Å². The summed E-state index contributed by atoms with van der Waals surface area (Å²) in [7, 11) is 1.72. The van der Waals surface area contributed by atoms with E-state index in [4.69, 9.17) is 4.98 Å². The number of aryl methyl sites for hydroxylation is 2. The number of hydrogen-bond acceptors (Lipinski definition) is 6. The van der Waals surface area contributed by atoms with Gasteiger partial charge < -0.3 is 9.47 Å². The Labute approximate surface area is 215 Å². The lowest BCUT2D eigenvalue weighted by molar-refractivity contribution is 0.158. The van der Waals surface area contributed by atoms with E-state index in [2.05, 4.69) is 40.8 Å². The van der Waals surface area contributed by atoms with Crippen molar-refractivity contribution in [2.24, 2.45) is 7.05 Å². The number of nitriles is 1. The summed E-state index contributed by atoms with van der Waals surface area (Å²) in [6, 6.07) is 18.1. The van der Waals surface area contributed by atoms with Crippen molar-refractivity contribution in [3.05, 3.63) is 87.7 Å².